The van der Waals surface area contributed by atoms with Gasteiger partial charge in [-0.3, -0.25) is 15.6 Å². The molecule has 126 valence electrons. The van der Waals surface area contributed by atoms with Gasteiger partial charge in [-0.1, -0.05) is 31.2 Å². The highest BCUT2D eigenvalue weighted by molar-refractivity contribution is 8.00. The first-order valence-electron chi connectivity index (χ1n) is 7.40. The van der Waals surface area contributed by atoms with Crippen molar-refractivity contribution < 1.29 is 9.18 Å². The molecular formula is C17H18FN3OS2. The molecule has 0 aromatic heterocycles. The minimum Gasteiger partial charge on any atom is -0.331 e. The van der Waals surface area contributed by atoms with Gasteiger partial charge in [-0.2, -0.15) is 0 Å². The second-order valence-corrected chi connectivity index (χ2v) is 6.32. The number of amides is 1. The Bertz CT molecular complexity index is 707. The Hall–Kier alpha value is -2.12. The van der Waals surface area contributed by atoms with E-state index < -0.39 is 0 Å². The Morgan fingerprint density at radius 1 is 1.12 bits per heavy atom. The van der Waals surface area contributed by atoms with Crippen LogP contribution in [0.4, 0.5) is 10.1 Å². The van der Waals surface area contributed by atoms with Gasteiger partial charge in [-0.25, -0.2) is 4.39 Å². The summed E-state index contributed by atoms with van der Waals surface area (Å²) >= 11 is 6.23. The van der Waals surface area contributed by atoms with Gasteiger partial charge in [-0.15, -0.1) is 11.8 Å². The molecule has 0 atom stereocenters. The van der Waals surface area contributed by atoms with Crippen molar-refractivity contribution in [3.8, 4) is 0 Å². The lowest BCUT2D eigenvalue weighted by Gasteiger charge is -2.12. The van der Waals surface area contributed by atoms with Gasteiger partial charge in [0.2, 0.25) is 5.91 Å². The quantitative estimate of drug-likeness (QED) is 0.431. The monoisotopic (exact) mass is 363 g/mol. The SMILES string of the molecule is CCc1ccc(NC(=S)NNC(=O)CSc2ccccc2F)cc1. The van der Waals surface area contributed by atoms with Gasteiger partial charge in [0.1, 0.15) is 5.82 Å². The van der Waals surface area contributed by atoms with Crippen LogP contribution in [-0.2, 0) is 11.2 Å². The zero-order valence-electron chi connectivity index (χ0n) is 13.1. The van der Waals surface area contributed by atoms with Crippen LogP contribution in [-0.4, -0.2) is 16.8 Å². The molecule has 4 nitrogen and oxygen atoms in total. The maximum Gasteiger partial charge on any atom is 0.248 e. The lowest BCUT2D eigenvalue weighted by Crippen LogP contribution is -2.44. The molecule has 0 aliphatic rings. The van der Waals surface area contributed by atoms with Crippen LogP contribution in [0.1, 0.15) is 12.5 Å². The van der Waals surface area contributed by atoms with E-state index in [1.165, 1.54) is 11.6 Å². The summed E-state index contributed by atoms with van der Waals surface area (Å²) < 4.78 is 13.5. The molecule has 0 saturated carbocycles. The third-order valence-corrected chi connectivity index (χ3v) is 4.38. The second-order valence-electron chi connectivity index (χ2n) is 4.90. The van der Waals surface area contributed by atoms with Crippen molar-refractivity contribution in [2.24, 2.45) is 0 Å². The highest BCUT2D eigenvalue weighted by Gasteiger charge is 2.06. The highest BCUT2D eigenvalue weighted by Crippen LogP contribution is 2.20. The molecule has 24 heavy (non-hydrogen) atoms. The van der Waals surface area contributed by atoms with E-state index in [1.807, 2.05) is 24.3 Å². The van der Waals surface area contributed by atoms with Gasteiger partial charge in [0, 0.05) is 10.6 Å². The van der Waals surface area contributed by atoms with Crippen molar-refractivity contribution >= 4 is 40.7 Å². The zero-order chi connectivity index (χ0) is 17.4. The Labute approximate surface area is 150 Å². The zero-order valence-corrected chi connectivity index (χ0v) is 14.8. The molecule has 0 aliphatic carbocycles. The predicted octanol–water partition coefficient (Wildman–Crippen LogP) is 3.50. The number of nitrogens with one attached hydrogen (secondary N) is 3. The summed E-state index contributed by atoms with van der Waals surface area (Å²) in [6.45, 7) is 2.09. The summed E-state index contributed by atoms with van der Waals surface area (Å²) in [4.78, 5) is 12.2. The van der Waals surface area contributed by atoms with Crippen LogP contribution in [0.15, 0.2) is 53.4 Å². The standard InChI is InChI=1S/C17H18FN3OS2/c1-2-12-7-9-13(10-8-12)19-17(23)21-20-16(22)11-24-15-6-4-3-5-14(15)18/h3-10H,2,11H2,1H3,(H,20,22)(H2,19,21,23). The number of carbonyl (C=O) groups excluding carboxylic acids is 1. The molecule has 0 bridgehead atoms. The summed E-state index contributed by atoms with van der Waals surface area (Å²) in [5, 5.41) is 3.25. The lowest BCUT2D eigenvalue weighted by atomic mass is 10.1. The van der Waals surface area contributed by atoms with E-state index in [0.29, 0.717) is 4.90 Å². The lowest BCUT2D eigenvalue weighted by molar-refractivity contribution is -0.119. The molecule has 0 heterocycles. The molecule has 2 aromatic carbocycles. The summed E-state index contributed by atoms with van der Waals surface area (Å²) in [7, 11) is 0. The number of benzene rings is 2. The van der Waals surface area contributed by atoms with E-state index in [-0.39, 0.29) is 22.6 Å². The number of rotatable bonds is 5. The van der Waals surface area contributed by atoms with Crippen LogP contribution < -0.4 is 16.2 Å². The molecule has 2 rings (SSSR count). The van der Waals surface area contributed by atoms with Crippen LogP contribution in [0.2, 0.25) is 0 Å². The van der Waals surface area contributed by atoms with Crippen molar-refractivity contribution in [2.45, 2.75) is 18.2 Å². The van der Waals surface area contributed by atoms with Gasteiger partial charge < -0.3 is 5.32 Å². The first-order valence-corrected chi connectivity index (χ1v) is 8.80. The van der Waals surface area contributed by atoms with Crippen LogP contribution >= 0.6 is 24.0 Å². The van der Waals surface area contributed by atoms with Gasteiger partial charge in [0.15, 0.2) is 5.11 Å². The summed E-state index contributed by atoms with van der Waals surface area (Å²) in [6.07, 6.45) is 0.971. The largest absolute Gasteiger partial charge is 0.331 e. The molecule has 0 radical (unpaired) electrons. The van der Waals surface area contributed by atoms with Crippen LogP contribution in [0.3, 0.4) is 0 Å². The van der Waals surface area contributed by atoms with Crippen molar-refractivity contribution in [3.05, 3.63) is 59.9 Å². The molecule has 0 spiro atoms. The minimum absolute atomic E-state index is 0.0851. The summed E-state index contributed by atoms with van der Waals surface area (Å²) in [5.74, 6) is -0.549. The number of anilines is 1. The Balaban J connectivity index is 1.72. The van der Waals surface area contributed by atoms with E-state index in [2.05, 4.69) is 23.1 Å². The third kappa shape index (κ3) is 5.82. The third-order valence-electron chi connectivity index (χ3n) is 3.13. The van der Waals surface area contributed by atoms with Crippen molar-refractivity contribution in [3.63, 3.8) is 0 Å². The number of carbonyl (C=O) groups is 1. The van der Waals surface area contributed by atoms with E-state index in [4.69, 9.17) is 12.2 Å². The van der Waals surface area contributed by atoms with Crippen LogP contribution in [0.25, 0.3) is 0 Å². The average molecular weight is 363 g/mol. The van der Waals surface area contributed by atoms with E-state index in [1.54, 1.807) is 18.2 Å². The predicted molar refractivity (Wildman–Crippen MR) is 100 cm³/mol. The number of hydrogen-bond acceptors (Lipinski definition) is 3. The fraction of sp³-hybridized carbons (Fsp3) is 0.176. The fourth-order valence-corrected chi connectivity index (χ4v) is 2.76. The smallest absolute Gasteiger partial charge is 0.248 e. The van der Waals surface area contributed by atoms with Crippen LogP contribution in [0, 0.1) is 5.82 Å². The Morgan fingerprint density at radius 2 is 1.83 bits per heavy atom. The normalized spacial score (nSPS) is 10.1. The molecule has 0 aliphatic heterocycles. The Kier molecular flexibility index (Phi) is 7.02. The van der Waals surface area contributed by atoms with Crippen molar-refractivity contribution in [2.75, 3.05) is 11.1 Å². The number of halogens is 1. The molecule has 3 N–H and O–H groups in total. The summed E-state index contributed by atoms with van der Waals surface area (Å²) in [6, 6.07) is 14.2. The number of thioether (sulfide) groups is 1. The maximum atomic E-state index is 13.5. The number of hydrazine groups is 1. The topological polar surface area (TPSA) is 53.2 Å². The molecule has 0 saturated heterocycles. The molecular weight excluding hydrogens is 345 g/mol. The van der Waals surface area contributed by atoms with E-state index >= 15 is 0 Å². The van der Waals surface area contributed by atoms with Crippen molar-refractivity contribution in [1.29, 1.82) is 0 Å². The minimum atomic E-state index is -0.337. The first kappa shape index (κ1) is 18.2. The highest BCUT2D eigenvalue weighted by atomic mass is 32.2. The fourth-order valence-electron chi connectivity index (χ4n) is 1.85. The van der Waals surface area contributed by atoms with Gasteiger partial charge >= 0.3 is 0 Å². The molecule has 1 amide bonds. The van der Waals surface area contributed by atoms with Gasteiger partial charge in [0.25, 0.3) is 0 Å². The number of thiocarbonyl (C=S) groups is 1. The number of aryl methyl sites for hydroxylation is 1. The molecule has 2 aromatic rings. The van der Waals surface area contributed by atoms with Gasteiger partial charge in [-0.05, 0) is 48.5 Å². The maximum absolute atomic E-state index is 13.5. The molecule has 0 fully saturated rings. The average Bonchev–Trinajstić information content (AvgIpc) is 2.60. The van der Waals surface area contributed by atoms with Crippen LogP contribution in [0.5, 0.6) is 0 Å². The van der Waals surface area contributed by atoms with Gasteiger partial charge in [0.05, 0.1) is 5.75 Å². The number of hydrogen-bond donors (Lipinski definition) is 3. The van der Waals surface area contributed by atoms with E-state index in [0.717, 1.165) is 23.9 Å². The van der Waals surface area contributed by atoms with E-state index in [9.17, 15) is 9.18 Å². The molecule has 0 unspecified atom stereocenters. The first-order chi connectivity index (χ1) is 11.6. The molecule has 7 heteroatoms. The summed E-state index contributed by atoms with van der Waals surface area (Å²) in [5.41, 5.74) is 7.17. The van der Waals surface area contributed by atoms with Crippen molar-refractivity contribution in [1.82, 2.24) is 10.9 Å². The Morgan fingerprint density at radius 3 is 2.50 bits per heavy atom. The second kappa shape index (κ2) is 9.24.